The van der Waals surface area contributed by atoms with Gasteiger partial charge < -0.3 is 25.0 Å². The van der Waals surface area contributed by atoms with Crippen molar-refractivity contribution in [1.82, 2.24) is 0 Å². The van der Waals surface area contributed by atoms with E-state index in [1.807, 2.05) is 0 Å². The molecule has 3 heteroatoms. The van der Waals surface area contributed by atoms with Crippen LogP contribution >= 0.6 is 0 Å². The van der Waals surface area contributed by atoms with Crippen molar-refractivity contribution in [3.05, 3.63) is 0 Å². The van der Waals surface area contributed by atoms with E-state index in [0.29, 0.717) is 0 Å². The normalized spacial score (nSPS) is 10.5. The van der Waals surface area contributed by atoms with E-state index in [1.54, 1.807) is 0 Å². The van der Waals surface area contributed by atoms with E-state index < -0.39 is 0 Å². The number of hydrogen-bond donors (Lipinski definition) is 2. The van der Waals surface area contributed by atoms with E-state index in [2.05, 4.69) is 25.3 Å². The van der Waals surface area contributed by atoms with Gasteiger partial charge in [-0.05, 0) is 25.7 Å². The maximum absolute atomic E-state index is 3.87. The fourth-order valence-electron chi connectivity index (χ4n) is 4.04. The van der Waals surface area contributed by atoms with Gasteiger partial charge in [0.25, 0.3) is 0 Å². The first-order valence-electron chi connectivity index (χ1n) is 14.4. The van der Waals surface area contributed by atoms with Crippen molar-refractivity contribution in [3.63, 3.8) is 0 Å². The van der Waals surface area contributed by atoms with Crippen molar-refractivity contribution in [2.45, 2.75) is 168 Å². The lowest BCUT2D eigenvalue weighted by molar-refractivity contribution is -0.368. The fourth-order valence-corrected chi connectivity index (χ4v) is 4.04. The maximum atomic E-state index is 3.87. The first-order valence-corrected chi connectivity index (χ1v) is 14.4. The third-order valence-corrected chi connectivity index (χ3v) is 6.21. The minimum Gasteiger partial charge on any atom is -2.00 e. The average molecular weight is 461 g/mol. The summed E-state index contributed by atoms with van der Waals surface area (Å²) < 4.78 is 0. The van der Waals surface area contributed by atoms with Crippen molar-refractivity contribution < 1.29 is 11.5 Å². The van der Waals surface area contributed by atoms with Gasteiger partial charge in [-0.3, -0.25) is 0 Å². The zero-order valence-electron chi connectivity index (χ0n) is 22.2. The van der Waals surface area contributed by atoms with Gasteiger partial charge in [-0.25, -0.2) is 0 Å². The van der Waals surface area contributed by atoms with Gasteiger partial charge in [0.05, 0.1) is 13.1 Å². The Kier molecular flexibility index (Phi) is 43.5. The van der Waals surface area contributed by atoms with Gasteiger partial charge in [0.2, 0.25) is 0 Å². The molecule has 0 atom stereocenters. The van der Waals surface area contributed by atoms with Crippen LogP contribution in [0.15, 0.2) is 0 Å². The Balaban J connectivity index is -0.000000490. The molecule has 0 bridgehead atoms. The van der Waals surface area contributed by atoms with Crippen LogP contribution < -0.4 is 11.5 Å². The number of rotatable bonds is 24. The van der Waals surface area contributed by atoms with Gasteiger partial charge in [-0.1, -0.05) is 142 Å². The summed E-state index contributed by atoms with van der Waals surface area (Å²) in [5.41, 5.74) is 7.74. The van der Waals surface area contributed by atoms with Crippen LogP contribution in [0.2, 0.25) is 0 Å². The summed E-state index contributed by atoms with van der Waals surface area (Å²) in [6, 6.07) is 0. The second-order valence-electron chi connectivity index (χ2n) is 9.49. The standard InChI is InChI=1S/2C14H31N.S/c2*1-2-3-4-5-6-7-8-9-10-11-12-13-14-15;/h2*2-15H2,1H3;/q;;-2/p+2. The van der Waals surface area contributed by atoms with E-state index in [1.165, 1.54) is 154 Å². The average Bonchev–Trinajstić information content (AvgIpc) is 2.76. The molecule has 0 fully saturated rings. The number of quaternary nitrogens is 2. The second-order valence-corrected chi connectivity index (χ2v) is 9.49. The minimum absolute atomic E-state index is 0. The summed E-state index contributed by atoms with van der Waals surface area (Å²) in [7, 11) is 0. The van der Waals surface area contributed by atoms with Crippen LogP contribution in [0.3, 0.4) is 0 Å². The molecule has 2 nitrogen and oxygen atoms in total. The number of unbranched alkanes of at least 4 members (excludes halogenated alkanes) is 22. The predicted molar refractivity (Wildman–Crippen MR) is 145 cm³/mol. The first-order chi connectivity index (χ1) is 14.8. The van der Waals surface area contributed by atoms with Crippen LogP contribution in [0.4, 0.5) is 0 Å². The molecule has 0 aromatic heterocycles. The lowest BCUT2D eigenvalue weighted by Gasteiger charge is -2.01. The molecule has 6 N–H and O–H groups in total. The SMILES string of the molecule is CCCCCCCCCCCCCC[NH3+].CCCCCCCCCCCCCC[NH3+].[S-2]. The monoisotopic (exact) mass is 460 g/mol. The Morgan fingerprint density at radius 3 is 0.613 bits per heavy atom. The Morgan fingerprint density at radius 1 is 0.290 bits per heavy atom. The molecule has 31 heavy (non-hydrogen) atoms. The molecule has 0 unspecified atom stereocenters. The number of hydrogen-bond acceptors (Lipinski definition) is 0. The Hall–Kier alpha value is 0.270. The lowest BCUT2D eigenvalue weighted by atomic mass is 10.1. The molecular weight excluding hydrogens is 396 g/mol. The molecule has 0 heterocycles. The maximum Gasteiger partial charge on any atom is 0.0739 e. The summed E-state index contributed by atoms with van der Waals surface area (Å²) in [6.45, 7) is 6.81. The molecule has 0 amide bonds. The highest BCUT2D eigenvalue weighted by molar-refractivity contribution is 7.37. The largest absolute Gasteiger partial charge is 2.00 e. The van der Waals surface area contributed by atoms with Gasteiger partial charge in [-0.2, -0.15) is 0 Å². The summed E-state index contributed by atoms with van der Waals surface area (Å²) in [4.78, 5) is 0. The van der Waals surface area contributed by atoms with Gasteiger partial charge in [0.15, 0.2) is 0 Å². The van der Waals surface area contributed by atoms with Crippen molar-refractivity contribution in [1.29, 1.82) is 0 Å². The van der Waals surface area contributed by atoms with E-state index >= 15 is 0 Å². The van der Waals surface area contributed by atoms with E-state index in [4.69, 9.17) is 0 Å². The third kappa shape index (κ3) is 41.1. The molecule has 0 aliphatic carbocycles. The van der Waals surface area contributed by atoms with Crippen molar-refractivity contribution >= 4 is 13.5 Å². The van der Waals surface area contributed by atoms with Crippen LogP contribution in [-0.2, 0) is 13.5 Å². The second kappa shape index (κ2) is 37.6. The molecule has 0 radical (unpaired) electrons. The summed E-state index contributed by atoms with van der Waals surface area (Å²) in [5, 5.41) is 0. The zero-order valence-corrected chi connectivity index (χ0v) is 23.0. The van der Waals surface area contributed by atoms with E-state index in [-0.39, 0.29) is 13.5 Å². The van der Waals surface area contributed by atoms with Crippen LogP contribution in [0.5, 0.6) is 0 Å². The molecule has 0 aromatic carbocycles. The van der Waals surface area contributed by atoms with Crippen molar-refractivity contribution in [2.75, 3.05) is 13.1 Å². The van der Waals surface area contributed by atoms with Crippen molar-refractivity contribution in [3.8, 4) is 0 Å². The highest BCUT2D eigenvalue weighted by Gasteiger charge is 1.94. The topological polar surface area (TPSA) is 55.3 Å². The van der Waals surface area contributed by atoms with Crippen LogP contribution in [-0.4, -0.2) is 13.1 Å². The molecular formula is C28H64N2S. The first kappa shape index (κ1) is 35.9. The highest BCUT2D eigenvalue weighted by atomic mass is 32.1. The molecule has 0 aromatic rings. The van der Waals surface area contributed by atoms with E-state index in [0.717, 1.165) is 13.1 Å². The van der Waals surface area contributed by atoms with Gasteiger partial charge in [-0.15, -0.1) is 0 Å². The van der Waals surface area contributed by atoms with Crippen LogP contribution in [0, 0.1) is 0 Å². The third-order valence-electron chi connectivity index (χ3n) is 6.21. The van der Waals surface area contributed by atoms with Crippen LogP contribution in [0.25, 0.3) is 0 Å². The molecule has 0 aliphatic heterocycles. The summed E-state index contributed by atoms with van der Waals surface area (Å²) in [5.74, 6) is 0. The molecule has 0 rings (SSSR count). The predicted octanol–water partition coefficient (Wildman–Crippen LogP) is 7.86. The smallest absolute Gasteiger partial charge is 0.0739 e. The summed E-state index contributed by atoms with van der Waals surface area (Å²) >= 11 is 0. The molecule has 0 saturated carbocycles. The van der Waals surface area contributed by atoms with E-state index in [9.17, 15) is 0 Å². The quantitative estimate of drug-likeness (QED) is 0.138. The molecule has 192 valence electrons. The lowest BCUT2D eigenvalue weighted by Crippen LogP contribution is -2.50. The van der Waals surface area contributed by atoms with Gasteiger partial charge in [0.1, 0.15) is 0 Å². The molecule has 0 aliphatic rings. The Morgan fingerprint density at radius 2 is 0.452 bits per heavy atom. The fraction of sp³-hybridized carbons (Fsp3) is 1.00. The zero-order chi connectivity index (χ0) is 22.4. The minimum atomic E-state index is 0. The molecule has 0 spiro atoms. The highest BCUT2D eigenvalue weighted by Crippen LogP contribution is 2.12. The van der Waals surface area contributed by atoms with Crippen LogP contribution in [0.1, 0.15) is 168 Å². The summed E-state index contributed by atoms with van der Waals surface area (Å²) in [6.07, 6.45) is 34.5. The Labute approximate surface area is 205 Å². The van der Waals surface area contributed by atoms with Crippen molar-refractivity contribution in [2.24, 2.45) is 0 Å². The van der Waals surface area contributed by atoms with Gasteiger partial charge in [0, 0.05) is 0 Å². The Bertz CT molecular complexity index is 211. The van der Waals surface area contributed by atoms with Gasteiger partial charge >= 0.3 is 0 Å². The molecule has 0 saturated heterocycles.